The number of nitrogens with zero attached hydrogens (tertiary/aromatic N) is 1. The Kier molecular flexibility index (Phi) is 4.61. The van der Waals surface area contributed by atoms with Crippen LogP contribution in [0.3, 0.4) is 0 Å². The van der Waals surface area contributed by atoms with Gasteiger partial charge in [0.2, 0.25) is 0 Å². The fourth-order valence-corrected chi connectivity index (χ4v) is 2.44. The maximum atomic E-state index is 12.3. The second kappa shape index (κ2) is 6.41. The molecule has 1 heterocycles. The summed E-state index contributed by atoms with van der Waals surface area (Å²) in [4.78, 5) is 25.8. The van der Waals surface area contributed by atoms with Gasteiger partial charge in [0.1, 0.15) is 5.75 Å². The van der Waals surface area contributed by atoms with Gasteiger partial charge in [-0.25, -0.2) is 0 Å². The Morgan fingerprint density at radius 2 is 2.25 bits per heavy atom. The van der Waals surface area contributed by atoms with Crippen LogP contribution in [0.5, 0.6) is 5.75 Å². The van der Waals surface area contributed by atoms with Gasteiger partial charge >= 0.3 is 5.97 Å². The van der Waals surface area contributed by atoms with Crippen LogP contribution in [0.25, 0.3) is 0 Å². The van der Waals surface area contributed by atoms with Gasteiger partial charge in [-0.1, -0.05) is 6.07 Å². The van der Waals surface area contributed by atoms with Crippen molar-refractivity contribution in [1.82, 2.24) is 4.90 Å². The van der Waals surface area contributed by atoms with Gasteiger partial charge in [0.15, 0.2) is 0 Å². The summed E-state index contributed by atoms with van der Waals surface area (Å²) in [5.74, 6) is -0.574. The third-order valence-electron chi connectivity index (χ3n) is 3.42. The number of piperidine rings is 1. The monoisotopic (exact) mass is 277 g/mol. The normalized spacial score (nSPS) is 18.6. The fourth-order valence-electron chi connectivity index (χ4n) is 2.44. The molecule has 0 aromatic heterocycles. The highest BCUT2D eigenvalue weighted by Gasteiger charge is 2.29. The number of aromatic hydroxyl groups is 1. The molecule has 0 saturated carbocycles. The Morgan fingerprint density at radius 3 is 2.95 bits per heavy atom. The number of esters is 1. The number of likely N-dealkylation sites (tertiary alicyclic amines) is 1. The van der Waals surface area contributed by atoms with Crippen molar-refractivity contribution in [2.24, 2.45) is 5.92 Å². The number of phenols is 1. The zero-order valence-electron chi connectivity index (χ0n) is 11.5. The van der Waals surface area contributed by atoms with E-state index in [1.807, 2.05) is 0 Å². The number of ether oxygens (including phenoxy) is 1. The van der Waals surface area contributed by atoms with Crippen LogP contribution in [0.15, 0.2) is 24.3 Å². The van der Waals surface area contributed by atoms with Crippen molar-refractivity contribution in [3.05, 3.63) is 29.8 Å². The summed E-state index contributed by atoms with van der Waals surface area (Å²) in [7, 11) is 0. The van der Waals surface area contributed by atoms with Gasteiger partial charge in [0, 0.05) is 18.7 Å². The lowest BCUT2D eigenvalue weighted by Gasteiger charge is -2.31. The Hall–Kier alpha value is -2.04. The first-order valence-corrected chi connectivity index (χ1v) is 6.86. The van der Waals surface area contributed by atoms with E-state index in [1.165, 1.54) is 12.1 Å². The van der Waals surface area contributed by atoms with Crippen molar-refractivity contribution in [2.45, 2.75) is 19.8 Å². The maximum Gasteiger partial charge on any atom is 0.310 e. The van der Waals surface area contributed by atoms with Crippen molar-refractivity contribution in [3.8, 4) is 5.75 Å². The highest BCUT2D eigenvalue weighted by molar-refractivity contribution is 5.95. The first-order chi connectivity index (χ1) is 9.61. The van der Waals surface area contributed by atoms with Gasteiger partial charge in [-0.3, -0.25) is 9.59 Å². The Labute approximate surface area is 118 Å². The van der Waals surface area contributed by atoms with E-state index in [9.17, 15) is 14.7 Å². The molecular weight excluding hydrogens is 258 g/mol. The number of carbonyl (C=O) groups excluding carboxylic acids is 2. The van der Waals surface area contributed by atoms with Crippen LogP contribution in [0, 0.1) is 5.92 Å². The van der Waals surface area contributed by atoms with Crippen molar-refractivity contribution in [1.29, 1.82) is 0 Å². The third-order valence-corrected chi connectivity index (χ3v) is 3.42. The molecule has 5 nitrogen and oxygen atoms in total. The number of rotatable bonds is 3. The fraction of sp³-hybridized carbons (Fsp3) is 0.467. The number of benzene rings is 1. The van der Waals surface area contributed by atoms with Crippen LogP contribution in [0.4, 0.5) is 0 Å². The van der Waals surface area contributed by atoms with Crippen LogP contribution in [-0.4, -0.2) is 41.6 Å². The lowest BCUT2D eigenvalue weighted by atomic mass is 9.97. The second-order valence-electron chi connectivity index (χ2n) is 4.89. The molecule has 1 aromatic carbocycles. The largest absolute Gasteiger partial charge is 0.508 e. The zero-order valence-corrected chi connectivity index (χ0v) is 11.5. The van der Waals surface area contributed by atoms with E-state index < -0.39 is 0 Å². The number of amides is 1. The summed E-state index contributed by atoms with van der Waals surface area (Å²) in [6.45, 7) is 3.14. The van der Waals surface area contributed by atoms with Crippen molar-refractivity contribution >= 4 is 11.9 Å². The van der Waals surface area contributed by atoms with E-state index in [-0.39, 0.29) is 23.5 Å². The first kappa shape index (κ1) is 14.4. The quantitative estimate of drug-likeness (QED) is 0.856. The Bertz CT molecular complexity index is 500. The average Bonchev–Trinajstić information content (AvgIpc) is 2.47. The van der Waals surface area contributed by atoms with Crippen molar-refractivity contribution in [3.63, 3.8) is 0 Å². The molecule has 2 rings (SSSR count). The van der Waals surface area contributed by atoms with E-state index in [0.717, 1.165) is 12.8 Å². The SMILES string of the molecule is CCOC(=O)[C@@H]1CCCN(C(=O)c2cccc(O)c2)C1. The second-order valence-corrected chi connectivity index (χ2v) is 4.89. The van der Waals surface area contributed by atoms with Crippen LogP contribution in [0.2, 0.25) is 0 Å². The zero-order chi connectivity index (χ0) is 14.5. The minimum absolute atomic E-state index is 0.0646. The van der Waals surface area contributed by atoms with Crippen molar-refractivity contribution < 1.29 is 19.4 Å². The molecule has 1 aliphatic rings. The molecular formula is C15H19NO4. The van der Waals surface area contributed by atoms with Crippen molar-refractivity contribution in [2.75, 3.05) is 19.7 Å². The van der Waals surface area contributed by atoms with E-state index in [4.69, 9.17) is 4.74 Å². The van der Waals surface area contributed by atoms with Gasteiger partial charge in [0.05, 0.1) is 12.5 Å². The van der Waals surface area contributed by atoms with E-state index in [2.05, 4.69) is 0 Å². The average molecular weight is 277 g/mol. The molecule has 1 N–H and O–H groups in total. The third kappa shape index (κ3) is 3.29. The Morgan fingerprint density at radius 1 is 1.45 bits per heavy atom. The van der Waals surface area contributed by atoms with Gasteiger partial charge in [-0.15, -0.1) is 0 Å². The molecule has 1 aliphatic heterocycles. The minimum Gasteiger partial charge on any atom is -0.508 e. The van der Waals surface area contributed by atoms with Gasteiger partial charge in [-0.05, 0) is 38.0 Å². The molecule has 1 fully saturated rings. The molecule has 0 spiro atoms. The topological polar surface area (TPSA) is 66.8 Å². The molecule has 1 amide bonds. The number of carbonyl (C=O) groups is 2. The molecule has 1 atom stereocenters. The van der Waals surface area contributed by atoms with Crippen LogP contribution < -0.4 is 0 Å². The predicted octanol–water partition coefficient (Wildman–Crippen LogP) is 1.81. The summed E-state index contributed by atoms with van der Waals surface area (Å²) in [6.07, 6.45) is 1.54. The van der Waals surface area contributed by atoms with E-state index >= 15 is 0 Å². The molecule has 0 aliphatic carbocycles. The molecule has 20 heavy (non-hydrogen) atoms. The van der Waals surface area contributed by atoms with Gasteiger partial charge in [-0.2, -0.15) is 0 Å². The Balaban J connectivity index is 2.05. The predicted molar refractivity (Wildman–Crippen MR) is 73.4 cm³/mol. The summed E-state index contributed by atoms with van der Waals surface area (Å²) in [5.41, 5.74) is 0.439. The van der Waals surface area contributed by atoms with E-state index in [1.54, 1.807) is 24.0 Å². The lowest BCUT2D eigenvalue weighted by Crippen LogP contribution is -2.42. The lowest BCUT2D eigenvalue weighted by molar-refractivity contribution is -0.149. The number of hydrogen-bond donors (Lipinski definition) is 1. The highest BCUT2D eigenvalue weighted by atomic mass is 16.5. The van der Waals surface area contributed by atoms with Gasteiger partial charge < -0.3 is 14.7 Å². The molecule has 5 heteroatoms. The molecule has 108 valence electrons. The molecule has 0 unspecified atom stereocenters. The molecule has 1 saturated heterocycles. The standard InChI is InChI=1S/C15H19NO4/c1-2-20-15(19)12-6-4-8-16(10-12)14(18)11-5-3-7-13(17)9-11/h3,5,7,9,12,17H,2,4,6,8,10H2,1H3/t12-/m1/s1. The minimum atomic E-state index is -0.245. The maximum absolute atomic E-state index is 12.3. The smallest absolute Gasteiger partial charge is 0.310 e. The first-order valence-electron chi connectivity index (χ1n) is 6.86. The van der Waals surface area contributed by atoms with Gasteiger partial charge in [0.25, 0.3) is 5.91 Å². The molecule has 0 radical (unpaired) electrons. The van der Waals surface area contributed by atoms with Crippen LogP contribution in [0.1, 0.15) is 30.1 Å². The van der Waals surface area contributed by atoms with E-state index in [0.29, 0.717) is 25.3 Å². The summed E-state index contributed by atoms with van der Waals surface area (Å²) >= 11 is 0. The van der Waals surface area contributed by atoms with Crippen LogP contribution >= 0.6 is 0 Å². The molecule has 1 aromatic rings. The summed E-state index contributed by atoms with van der Waals surface area (Å²) in [5, 5.41) is 9.43. The summed E-state index contributed by atoms with van der Waals surface area (Å²) in [6, 6.07) is 6.26. The summed E-state index contributed by atoms with van der Waals surface area (Å²) < 4.78 is 5.02. The molecule has 0 bridgehead atoms. The van der Waals surface area contributed by atoms with Crippen LogP contribution in [-0.2, 0) is 9.53 Å². The highest BCUT2D eigenvalue weighted by Crippen LogP contribution is 2.21. The number of phenolic OH excluding ortho intramolecular Hbond substituents is 1. The number of hydrogen-bond acceptors (Lipinski definition) is 4.